The molecule has 0 heterocycles. The largest absolute Gasteiger partial charge is 0.497 e. The quantitative estimate of drug-likeness (QED) is 0.664. The standard InChI is InChI=1S/C14H13ClN2O2/c1-18-10-3-5-11(6-4-10)19-13-8-9(15)2-7-12(13)14(16)17/h2-8H,1H3,(H3,16,17). The summed E-state index contributed by atoms with van der Waals surface area (Å²) in [7, 11) is 1.60. The van der Waals surface area contributed by atoms with Gasteiger partial charge in [0.25, 0.3) is 0 Å². The van der Waals surface area contributed by atoms with Crippen LogP contribution in [0, 0.1) is 5.41 Å². The number of benzene rings is 2. The first-order chi connectivity index (χ1) is 9.10. The van der Waals surface area contributed by atoms with Crippen molar-refractivity contribution in [3.8, 4) is 17.2 Å². The molecule has 2 rings (SSSR count). The van der Waals surface area contributed by atoms with E-state index in [1.807, 2.05) is 0 Å². The first-order valence-electron chi connectivity index (χ1n) is 5.56. The average Bonchev–Trinajstić information content (AvgIpc) is 2.39. The van der Waals surface area contributed by atoms with Crippen molar-refractivity contribution in [3.05, 3.63) is 53.1 Å². The van der Waals surface area contributed by atoms with E-state index in [1.165, 1.54) is 0 Å². The fourth-order valence-corrected chi connectivity index (χ4v) is 1.74. The molecule has 98 valence electrons. The van der Waals surface area contributed by atoms with Crippen molar-refractivity contribution >= 4 is 17.4 Å². The highest BCUT2D eigenvalue weighted by atomic mass is 35.5. The molecule has 0 unspecified atom stereocenters. The Labute approximate surface area is 116 Å². The summed E-state index contributed by atoms with van der Waals surface area (Å²) in [6.45, 7) is 0. The predicted molar refractivity (Wildman–Crippen MR) is 75.5 cm³/mol. The Kier molecular flexibility index (Phi) is 3.92. The molecule has 4 nitrogen and oxygen atoms in total. The van der Waals surface area contributed by atoms with E-state index in [9.17, 15) is 0 Å². The number of methoxy groups -OCH3 is 1. The van der Waals surface area contributed by atoms with E-state index in [2.05, 4.69) is 0 Å². The molecule has 3 N–H and O–H groups in total. The lowest BCUT2D eigenvalue weighted by molar-refractivity contribution is 0.413. The van der Waals surface area contributed by atoms with Crippen molar-refractivity contribution in [3.63, 3.8) is 0 Å². The highest BCUT2D eigenvalue weighted by Crippen LogP contribution is 2.29. The van der Waals surface area contributed by atoms with Gasteiger partial charge in [0, 0.05) is 11.1 Å². The highest BCUT2D eigenvalue weighted by Gasteiger charge is 2.08. The second-order valence-electron chi connectivity index (χ2n) is 3.83. The number of nitrogens with one attached hydrogen (secondary N) is 1. The predicted octanol–water partition coefficient (Wildman–Crippen LogP) is 3.42. The monoisotopic (exact) mass is 276 g/mol. The summed E-state index contributed by atoms with van der Waals surface area (Å²) in [6, 6.07) is 12.1. The zero-order valence-corrected chi connectivity index (χ0v) is 11.1. The minimum atomic E-state index is -0.0693. The Bertz CT molecular complexity index is 597. The summed E-state index contributed by atoms with van der Waals surface area (Å²) in [5.41, 5.74) is 6.00. The Hall–Kier alpha value is -2.20. The Morgan fingerprint density at radius 1 is 1.11 bits per heavy atom. The van der Waals surface area contributed by atoms with E-state index in [0.29, 0.717) is 22.1 Å². The summed E-state index contributed by atoms with van der Waals surface area (Å²) >= 11 is 5.92. The molecule has 0 spiro atoms. The van der Waals surface area contributed by atoms with Gasteiger partial charge in [-0.1, -0.05) is 11.6 Å². The fraction of sp³-hybridized carbons (Fsp3) is 0.0714. The molecule has 0 radical (unpaired) electrons. The number of rotatable bonds is 4. The van der Waals surface area contributed by atoms with Crippen molar-refractivity contribution in [1.82, 2.24) is 0 Å². The summed E-state index contributed by atoms with van der Waals surface area (Å²) in [6.07, 6.45) is 0. The van der Waals surface area contributed by atoms with Crippen molar-refractivity contribution in [2.45, 2.75) is 0 Å². The molecule has 0 atom stereocenters. The molecule has 0 aliphatic carbocycles. The molecule has 0 fully saturated rings. The van der Waals surface area contributed by atoms with Crippen LogP contribution in [0.5, 0.6) is 17.2 Å². The van der Waals surface area contributed by atoms with Crippen LogP contribution in [0.15, 0.2) is 42.5 Å². The topological polar surface area (TPSA) is 68.3 Å². The van der Waals surface area contributed by atoms with Crippen molar-refractivity contribution in [2.24, 2.45) is 5.73 Å². The normalized spacial score (nSPS) is 10.0. The molecule has 0 aromatic heterocycles. The van der Waals surface area contributed by atoms with Crippen LogP contribution in [0.4, 0.5) is 0 Å². The Balaban J connectivity index is 2.31. The van der Waals surface area contributed by atoms with Gasteiger partial charge in [0.05, 0.1) is 12.7 Å². The molecule has 2 aromatic carbocycles. The van der Waals surface area contributed by atoms with Crippen LogP contribution in [0.3, 0.4) is 0 Å². The number of hydrogen-bond donors (Lipinski definition) is 2. The molecule has 0 aliphatic rings. The van der Waals surface area contributed by atoms with Gasteiger partial charge in [-0.25, -0.2) is 0 Å². The van der Waals surface area contributed by atoms with E-state index in [4.69, 9.17) is 32.2 Å². The van der Waals surface area contributed by atoms with E-state index in [-0.39, 0.29) is 5.84 Å². The van der Waals surface area contributed by atoms with Gasteiger partial charge in [0.1, 0.15) is 23.1 Å². The summed E-state index contributed by atoms with van der Waals surface area (Å²) in [4.78, 5) is 0. The van der Waals surface area contributed by atoms with Crippen molar-refractivity contribution in [1.29, 1.82) is 5.41 Å². The third-order valence-electron chi connectivity index (χ3n) is 2.52. The van der Waals surface area contributed by atoms with Gasteiger partial charge in [0.2, 0.25) is 0 Å². The van der Waals surface area contributed by atoms with Gasteiger partial charge < -0.3 is 15.2 Å². The van der Waals surface area contributed by atoms with Crippen LogP contribution < -0.4 is 15.2 Å². The number of halogens is 1. The molecular formula is C14H13ClN2O2. The van der Waals surface area contributed by atoms with Gasteiger partial charge in [0.15, 0.2) is 0 Å². The lowest BCUT2D eigenvalue weighted by Gasteiger charge is -2.11. The van der Waals surface area contributed by atoms with Gasteiger partial charge in [-0.05, 0) is 36.4 Å². The van der Waals surface area contributed by atoms with E-state index in [0.717, 1.165) is 5.75 Å². The van der Waals surface area contributed by atoms with Crippen molar-refractivity contribution < 1.29 is 9.47 Å². The summed E-state index contributed by atoms with van der Waals surface area (Å²) in [5.74, 6) is 1.74. The van der Waals surface area contributed by atoms with Crippen LogP contribution in [-0.4, -0.2) is 12.9 Å². The number of hydrogen-bond acceptors (Lipinski definition) is 3. The van der Waals surface area contributed by atoms with Crippen molar-refractivity contribution in [2.75, 3.05) is 7.11 Å². The van der Waals surface area contributed by atoms with Gasteiger partial charge >= 0.3 is 0 Å². The Morgan fingerprint density at radius 3 is 2.32 bits per heavy atom. The van der Waals surface area contributed by atoms with Gasteiger partial charge in [-0.15, -0.1) is 0 Å². The maximum absolute atomic E-state index is 7.51. The molecule has 0 saturated heterocycles. The maximum atomic E-state index is 7.51. The summed E-state index contributed by atoms with van der Waals surface area (Å²) < 4.78 is 10.8. The first kappa shape index (κ1) is 13.2. The third-order valence-corrected chi connectivity index (χ3v) is 2.76. The van der Waals surface area contributed by atoms with Gasteiger partial charge in [-0.3, -0.25) is 5.41 Å². The molecule has 0 amide bonds. The van der Waals surface area contributed by atoms with Gasteiger partial charge in [-0.2, -0.15) is 0 Å². The molecule has 0 saturated carbocycles. The lowest BCUT2D eigenvalue weighted by atomic mass is 10.2. The molecule has 19 heavy (non-hydrogen) atoms. The van der Waals surface area contributed by atoms with E-state index >= 15 is 0 Å². The highest BCUT2D eigenvalue weighted by molar-refractivity contribution is 6.30. The Morgan fingerprint density at radius 2 is 1.74 bits per heavy atom. The number of amidine groups is 1. The fourth-order valence-electron chi connectivity index (χ4n) is 1.57. The van der Waals surface area contributed by atoms with E-state index in [1.54, 1.807) is 49.6 Å². The average molecular weight is 277 g/mol. The van der Waals surface area contributed by atoms with E-state index < -0.39 is 0 Å². The van der Waals surface area contributed by atoms with Crippen LogP contribution in [0.2, 0.25) is 5.02 Å². The van der Waals surface area contributed by atoms with Crippen LogP contribution in [-0.2, 0) is 0 Å². The van der Waals surface area contributed by atoms with Crippen LogP contribution in [0.1, 0.15) is 5.56 Å². The molecule has 5 heteroatoms. The number of nitrogens with two attached hydrogens (primary N) is 1. The smallest absolute Gasteiger partial charge is 0.139 e. The second-order valence-corrected chi connectivity index (χ2v) is 4.27. The molecule has 0 bridgehead atoms. The van der Waals surface area contributed by atoms with Crippen LogP contribution >= 0.6 is 11.6 Å². The minimum absolute atomic E-state index is 0.0693. The maximum Gasteiger partial charge on any atom is 0.139 e. The minimum Gasteiger partial charge on any atom is -0.497 e. The third kappa shape index (κ3) is 3.17. The SMILES string of the molecule is COc1ccc(Oc2cc(Cl)ccc2C(=N)N)cc1. The number of nitrogen functional groups attached to an aromatic ring is 1. The molecule has 2 aromatic rings. The van der Waals surface area contributed by atoms with Crippen LogP contribution in [0.25, 0.3) is 0 Å². The first-order valence-corrected chi connectivity index (χ1v) is 5.94. The number of ether oxygens (including phenoxy) is 2. The lowest BCUT2D eigenvalue weighted by Crippen LogP contribution is -2.12. The zero-order chi connectivity index (χ0) is 13.8. The zero-order valence-electron chi connectivity index (χ0n) is 10.3. The second kappa shape index (κ2) is 5.63. The molecule has 0 aliphatic heterocycles. The summed E-state index contributed by atoms with van der Waals surface area (Å²) in [5, 5.41) is 8.03. The molecular weight excluding hydrogens is 264 g/mol.